The Morgan fingerprint density at radius 1 is 0.320 bits per heavy atom. The van der Waals surface area contributed by atoms with Crippen molar-refractivity contribution in [1.82, 2.24) is 24.1 Å². The largest absolute Gasteiger partial charge is 0.457 e. The van der Waals surface area contributed by atoms with Crippen LogP contribution in [0, 0.1) is 22.7 Å². The van der Waals surface area contributed by atoms with Crippen LogP contribution in [0.15, 0.2) is 285 Å². The minimum absolute atomic E-state index is 0.0433. The highest BCUT2D eigenvalue weighted by molar-refractivity contribution is 6.15. The molecule has 15 aromatic rings. The topological polar surface area (TPSA) is 201 Å². The molecule has 0 bridgehead atoms. The monoisotopic (exact) mass is 1300 g/mol. The number of hydrogen-bond acceptors (Lipinski definition) is 13. The van der Waals surface area contributed by atoms with Gasteiger partial charge in [0, 0.05) is 27.1 Å². The number of carbonyl (C=O) groups is 4. The molecule has 0 unspecified atom stereocenters. The van der Waals surface area contributed by atoms with Crippen molar-refractivity contribution in [2.45, 2.75) is 26.4 Å². The smallest absolute Gasteiger partial charge is 0.338 e. The summed E-state index contributed by atoms with van der Waals surface area (Å²) in [6, 6.07) is 91.3. The molecule has 3 heterocycles. The lowest BCUT2D eigenvalue weighted by Crippen LogP contribution is -2.08. The number of nitriles is 2. The van der Waals surface area contributed by atoms with Crippen molar-refractivity contribution < 1.29 is 38.1 Å². The number of nitrogens with zero attached hydrogens (tertiary/aromatic N) is 7. The van der Waals surface area contributed by atoms with Gasteiger partial charge in [0.1, 0.15) is 26.4 Å². The molecule has 100 heavy (non-hydrogen) atoms. The van der Waals surface area contributed by atoms with Gasteiger partial charge in [-0.15, -0.1) is 0 Å². The number of benzene rings is 12. The van der Waals surface area contributed by atoms with E-state index in [1.807, 2.05) is 221 Å². The van der Waals surface area contributed by atoms with E-state index < -0.39 is 23.9 Å². The Balaban J connectivity index is 0.940. The molecule has 0 radical (unpaired) electrons. The van der Waals surface area contributed by atoms with Gasteiger partial charge in [-0.2, -0.15) is 10.5 Å². The Morgan fingerprint density at radius 2 is 0.660 bits per heavy atom. The summed E-state index contributed by atoms with van der Waals surface area (Å²) in [6.07, 6.45) is 0. The van der Waals surface area contributed by atoms with E-state index in [-0.39, 0.29) is 71.7 Å². The van der Waals surface area contributed by atoms with Crippen LogP contribution in [0.3, 0.4) is 0 Å². The van der Waals surface area contributed by atoms with Crippen molar-refractivity contribution in [2.24, 2.45) is 0 Å². The molecule has 0 aliphatic heterocycles. The van der Waals surface area contributed by atoms with Gasteiger partial charge in [0.05, 0.1) is 90.1 Å². The highest BCUT2D eigenvalue weighted by Gasteiger charge is 2.28. The molecule has 15 rings (SSSR count). The van der Waals surface area contributed by atoms with Gasteiger partial charge in [-0.3, -0.25) is 0 Å². The molecule has 0 saturated heterocycles. The van der Waals surface area contributed by atoms with E-state index in [4.69, 9.17) is 33.9 Å². The average Bonchev–Trinajstić information content (AvgIpc) is 1.52. The van der Waals surface area contributed by atoms with E-state index in [0.29, 0.717) is 88.4 Å². The molecule has 0 amide bonds. The zero-order valence-electron chi connectivity index (χ0n) is 53.4. The number of aromatic nitrogens is 5. The van der Waals surface area contributed by atoms with Crippen LogP contribution in [0.1, 0.15) is 74.8 Å². The van der Waals surface area contributed by atoms with Crippen LogP contribution < -0.4 is 0 Å². The molecule has 15 nitrogen and oxygen atoms in total. The lowest BCUT2D eigenvalue weighted by atomic mass is 9.96. The predicted molar refractivity (Wildman–Crippen MR) is 382 cm³/mol. The molecule has 0 aliphatic carbocycles. The van der Waals surface area contributed by atoms with E-state index in [9.17, 15) is 29.7 Å². The lowest BCUT2D eigenvalue weighted by Gasteiger charge is -2.19. The molecule has 3 aromatic heterocycles. The normalized spacial score (nSPS) is 11.1. The summed E-state index contributed by atoms with van der Waals surface area (Å²) >= 11 is 0. The fraction of sp³-hybridized carbons (Fsp3) is 0.0471. The molecule has 12 aromatic carbocycles. The summed E-state index contributed by atoms with van der Waals surface area (Å²) in [5.41, 5.74) is 11.4. The number of carbonyl (C=O) groups excluding carboxylic acids is 4. The van der Waals surface area contributed by atoms with E-state index in [1.165, 1.54) is 0 Å². The molecule has 0 fully saturated rings. The third-order valence-corrected chi connectivity index (χ3v) is 17.5. The van der Waals surface area contributed by atoms with Crippen LogP contribution in [0.5, 0.6) is 0 Å². The maximum atomic E-state index is 14.1. The first-order valence-electron chi connectivity index (χ1n) is 32.1. The van der Waals surface area contributed by atoms with Crippen molar-refractivity contribution in [3.8, 4) is 68.8 Å². The second-order valence-electron chi connectivity index (χ2n) is 23.7. The van der Waals surface area contributed by atoms with Gasteiger partial charge >= 0.3 is 23.9 Å². The Hall–Kier alpha value is -13.9. The Labute approximate surface area is 573 Å². The molecular formula is C85H55N7O8. The van der Waals surface area contributed by atoms with Crippen molar-refractivity contribution in [1.29, 1.82) is 10.5 Å². The van der Waals surface area contributed by atoms with Crippen LogP contribution in [-0.2, 0) is 45.4 Å². The second-order valence-corrected chi connectivity index (χ2v) is 23.7. The van der Waals surface area contributed by atoms with Gasteiger partial charge in [-0.1, -0.05) is 182 Å². The van der Waals surface area contributed by atoms with Crippen LogP contribution in [0.25, 0.3) is 100 Å². The maximum Gasteiger partial charge on any atom is 0.338 e. The van der Waals surface area contributed by atoms with Gasteiger partial charge in [0.15, 0.2) is 17.5 Å². The second kappa shape index (κ2) is 27.4. The summed E-state index contributed by atoms with van der Waals surface area (Å²) < 4.78 is 27.5. The van der Waals surface area contributed by atoms with Crippen molar-refractivity contribution in [2.75, 3.05) is 0 Å². The molecule has 478 valence electrons. The summed E-state index contributed by atoms with van der Waals surface area (Å²) in [5.74, 6) is -1.64. The molecule has 15 heteroatoms. The van der Waals surface area contributed by atoms with Crippen molar-refractivity contribution >= 4 is 67.5 Å². The minimum Gasteiger partial charge on any atom is -0.457 e. The number of ether oxygens (including phenoxy) is 4. The zero-order valence-corrected chi connectivity index (χ0v) is 53.4. The maximum absolute atomic E-state index is 14.1. The van der Waals surface area contributed by atoms with Gasteiger partial charge < -0.3 is 28.1 Å². The van der Waals surface area contributed by atoms with E-state index >= 15 is 0 Å². The molecular weight excluding hydrogens is 1250 g/mol. The highest BCUT2D eigenvalue weighted by Crippen LogP contribution is 2.44. The quantitative estimate of drug-likeness (QED) is 0.0581. The molecule has 0 aliphatic rings. The number of esters is 4. The van der Waals surface area contributed by atoms with Gasteiger partial charge in [0.25, 0.3) is 0 Å². The third-order valence-electron chi connectivity index (χ3n) is 17.5. The number of fused-ring (bicyclic) bond motifs is 6. The van der Waals surface area contributed by atoms with E-state index in [0.717, 1.165) is 22.3 Å². The molecule has 0 spiro atoms. The lowest BCUT2D eigenvalue weighted by molar-refractivity contribution is 0.0464. The summed E-state index contributed by atoms with van der Waals surface area (Å²) in [4.78, 5) is 72.6. The van der Waals surface area contributed by atoms with Crippen molar-refractivity contribution in [3.05, 3.63) is 341 Å². The summed E-state index contributed by atoms with van der Waals surface area (Å²) in [5, 5.41) is 23.9. The number of hydrogen-bond donors (Lipinski definition) is 0. The van der Waals surface area contributed by atoms with Crippen LogP contribution >= 0.6 is 0 Å². The van der Waals surface area contributed by atoms with Gasteiger partial charge in [-0.05, 0) is 137 Å². The SMILES string of the molecule is N#Cc1ccc(-c2cccc(-n3c4ccc(C(=O)OCc5ccccc5)cc4c4cc(C(=O)OCc5ccccc5)ccc43)c2-c2nc(-c3ccccc3)nc(-c3c(C#N)cccc3-n3c4ccc(C(=O)OCc5ccccc5)cc4c4cc(C(=O)OCc5ccccc5)ccc43)n2)cc1. The van der Waals surface area contributed by atoms with Gasteiger partial charge in [-0.25, -0.2) is 34.1 Å². The van der Waals surface area contributed by atoms with Crippen LogP contribution in [-0.4, -0.2) is 48.0 Å². The number of rotatable bonds is 18. The zero-order chi connectivity index (χ0) is 68.1. The predicted octanol–water partition coefficient (Wildman–Crippen LogP) is 17.9. The molecule has 0 saturated carbocycles. The minimum atomic E-state index is -0.557. The molecule has 0 N–H and O–H groups in total. The first-order chi connectivity index (χ1) is 49.1. The van der Waals surface area contributed by atoms with Crippen LogP contribution in [0.4, 0.5) is 0 Å². The van der Waals surface area contributed by atoms with Gasteiger partial charge in [0.2, 0.25) is 0 Å². The fourth-order valence-electron chi connectivity index (χ4n) is 12.6. The third kappa shape index (κ3) is 12.4. The summed E-state index contributed by atoms with van der Waals surface area (Å²) in [7, 11) is 0. The molecule has 0 atom stereocenters. The Morgan fingerprint density at radius 3 is 1.03 bits per heavy atom. The first kappa shape index (κ1) is 62.2. The van der Waals surface area contributed by atoms with Crippen molar-refractivity contribution in [3.63, 3.8) is 0 Å². The van der Waals surface area contributed by atoms with E-state index in [2.05, 4.69) is 12.1 Å². The average molecular weight is 1300 g/mol. The Kier molecular flexibility index (Phi) is 17.1. The van der Waals surface area contributed by atoms with Crippen LogP contribution in [0.2, 0.25) is 0 Å². The first-order valence-corrected chi connectivity index (χ1v) is 32.1. The fourth-order valence-corrected chi connectivity index (χ4v) is 12.6. The Bertz CT molecular complexity index is 5540. The standard InChI is InChI=1S/C85H55N7O8/c86-48-54-32-34-59(35-33-54)66-29-17-31-76(92-73-42-38-63(84(95)99-52-57-22-10-3-11-23-57)46-69(73)70-47-64(39-43-74(70)92)85(96)100-53-58-24-12-4-13-25-58)78(66)81-89-79(60-26-14-5-15-27-60)88-80(90-81)77-65(49-87)28-16-30-75(77)91-71-40-36-61(82(93)97-50-55-18-6-1-7-19-55)44-67(71)68-45-62(37-41-72(68)91)83(94)98-51-56-20-8-2-9-21-56/h1-47H,50-53H2. The highest BCUT2D eigenvalue weighted by atomic mass is 16.5. The summed E-state index contributed by atoms with van der Waals surface area (Å²) in [6.45, 7) is 0.177. The van der Waals surface area contributed by atoms with E-state index in [1.54, 1.807) is 72.8 Å².